The number of ether oxygens (including phenoxy) is 1. The van der Waals surface area contributed by atoms with Crippen molar-refractivity contribution in [3.8, 4) is 0 Å². The summed E-state index contributed by atoms with van der Waals surface area (Å²) in [4.78, 5) is 17.0. The number of rotatable bonds is 3. The molecule has 1 aromatic carbocycles. The lowest BCUT2D eigenvalue weighted by atomic mass is 10.0. The zero-order valence-corrected chi connectivity index (χ0v) is 11.5. The number of benzene rings is 1. The molecule has 1 aromatic heterocycles. The Morgan fingerprint density at radius 3 is 3.15 bits per heavy atom. The Labute approximate surface area is 117 Å². The van der Waals surface area contributed by atoms with Crippen LogP contribution < -0.4 is 5.73 Å². The van der Waals surface area contributed by atoms with E-state index in [1.807, 2.05) is 25.3 Å². The van der Waals surface area contributed by atoms with Crippen LogP contribution in [0.3, 0.4) is 0 Å². The Morgan fingerprint density at radius 1 is 1.50 bits per heavy atom. The van der Waals surface area contributed by atoms with E-state index >= 15 is 0 Å². The standard InChI is InChI=1S/C15H19N3O2/c1-10-14(15(16)19)18(7-8-20-10)9-11-3-2-4-13-12(11)5-6-17-13/h2-6,10,14,17H,7-9H2,1H3,(H2,16,19)/t10-,14+/m1/s1. The molecule has 5 nitrogen and oxygen atoms in total. The summed E-state index contributed by atoms with van der Waals surface area (Å²) < 4.78 is 5.54. The first-order valence-electron chi connectivity index (χ1n) is 6.87. The molecule has 1 aliphatic rings. The zero-order chi connectivity index (χ0) is 14.1. The second-order valence-corrected chi connectivity index (χ2v) is 5.25. The van der Waals surface area contributed by atoms with Crippen LogP contribution in [0.4, 0.5) is 0 Å². The van der Waals surface area contributed by atoms with Crippen LogP contribution in [0.25, 0.3) is 10.9 Å². The Bertz CT molecular complexity index is 622. The fraction of sp³-hybridized carbons (Fsp3) is 0.400. The molecule has 1 fully saturated rings. The molecule has 1 saturated heterocycles. The monoisotopic (exact) mass is 273 g/mol. The lowest BCUT2D eigenvalue weighted by Gasteiger charge is -2.38. The summed E-state index contributed by atoms with van der Waals surface area (Å²) in [5.41, 5.74) is 7.84. The zero-order valence-electron chi connectivity index (χ0n) is 11.5. The van der Waals surface area contributed by atoms with Crippen LogP contribution >= 0.6 is 0 Å². The summed E-state index contributed by atoms with van der Waals surface area (Å²) in [6.45, 7) is 3.96. The molecule has 0 unspecified atom stereocenters. The highest BCUT2D eigenvalue weighted by Crippen LogP contribution is 2.22. The SMILES string of the molecule is C[C@H]1OCCN(Cc2cccc3[nH]ccc23)[C@@H]1C(N)=O. The molecule has 2 heterocycles. The second kappa shape index (κ2) is 5.26. The normalized spacial score (nSPS) is 24.1. The van der Waals surface area contributed by atoms with Gasteiger partial charge in [-0.3, -0.25) is 9.69 Å². The summed E-state index contributed by atoms with van der Waals surface area (Å²) in [5.74, 6) is -0.321. The summed E-state index contributed by atoms with van der Waals surface area (Å²) in [6, 6.07) is 7.86. The number of hydrogen-bond acceptors (Lipinski definition) is 3. The number of aromatic amines is 1. The van der Waals surface area contributed by atoms with Gasteiger partial charge in [-0.1, -0.05) is 12.1 Å². The van der Waals surface area contributed by atoms with Crippen molar-refractivity contribution in [3.63, 3.8) is 0 Å². The molecule has 106 valence electrons. The summed E-state index contributed by atoms with van der Waals surface area (Å²) in [5, 5.41) is 1.19. The van der Waals surface area contributed by atoms with Crippen LogP contribution in [0.2, 0.25) is 0 Å². The van der Waals surface area contributed by atoms with Crippen LogP contribution in [0.1, 0.15) is 12.5 Å². The quantitative estimate of drug-likeness (QED) is 0.884. The van der Waals surface area contributed by atoms with Crippen LogP contribution in [0, 0.1) is 0 Å². The van der Waals surface area contributed by atoms with Crippen LogP contribution in [0.15, 0.2) is 30.5 Å². The van der Waals surface area contributed by atoms with E-state index < -0.39 is 0 Å². The van der Waals surface area contributed by atoms with Crippen molar-refractivity contribution in [2.24, 2.45) is 5.73 Å². The van der Waals surface area contributed by atoms with Crippen LogP contribution in [0.5, 0.6) is 0 Å². The molecular formula is C15H19N3O2. The second-order valence-electron chi connectivity index (χ2n) is 5.25. The third-order valence-electron chi connectivity index (χ3n) is 3.95. The first kappa shape index (κ1) is 13.1. The number of carbonyl (C=O) groups is 1. The number of nitrogens with two attached hydrogens (primary N) is 1. The maximum Gasteiger partial charge on any atom is 0.237 e. The van der Waals surface area contributed by atoms with E-state index in [9.17, 15) is 4.79 Å². The average molecular weight is 273 g/mol. The predicted molar refractivity (Wildman–Crippen MR) is 77.1 cm³/mol. The predicted octanol–water partition coefficient (Wildman–Crippen LogP) is 1.24. The number of hydrogen-bond donors (Lipinski definition) is 2. The Hall–Kier alpha value is -1.85. The van der Waals surface area contributed by atoms with E-state index in [1.54, 1.807) is 0 Å². The van der Waals surface area contributed by atoms with Gasteiger partial charge >= 0.3 is 0 Å². The van der Waals surface area contributed by atoms with Crippen molar-refractivity contribution in [3.05, 3.63) is 36.0 Å². The minimum atomic E-state index is -0.363. The molecule has 3 N–H and O–H groups in total. The smallest absolute Gasteiger partial charge is 0.237 e. The van der Waals surface area contributed by atoms with Crippen molar-refractivity contribution in [2.75, 3.05) is 13.2 Å². The van der Waals surface area contributed by atoms with Gasteiger partial charge in [-0.05, 0) is 24.6 Å². The van der Waals surface area contributed by atoms with E-state index in [2.05, 4.69) is 22.0 Å². The van der Waals surface area contributed by atoms with Gasteiger partial charge < -0.3 is 15.5 Å². The number of carbonyl (C=O) groups excluding carboxylic acids is 1. The summed E-state index contributed by atoms with van der Waals surface area (Å²) >= 11 is 0. The van der Waals surface area contributed by atoms with Gasteiger partial charge in [-0.25, -0.2) is 0 Å². The van der Waals surface area contributed by atoms with E-state index in [4.69, 9.17) is 10.5 Å². The van der Waals surface area contributed by atoms with Gasteiger partial charge in [0.2, 0.25) is 5.91 Å². The maximum atomic E-state index is 11.7. The summed E-state index contributed by atoms with van der Waals surface area (Å²) in [6.07, 6.45) is 1.77. The molecule has 3 rings (SSSR count). The molecule has 0 saturated carbocycles. The molecule has 0 radical (unpaired) electrons. The minimum Gasteiger partial charge on any atom is -0.375 e. The fourth-order valence-corrected chi connectivity index (χ4v) is 2.98. The molecule has 5 heteroatoms. The number of amides is 1. The highest BCUT2D eigenvalue weighted by atomic mass is 16.5. The van der Waals surface area contributed by atoms with Gasteiger partial charge in [0.1, 0.15) is 6.04 Å². The number of nitrogens with zero attached hydrogens (tertiary/aromatic N) is 1. The first-order chi connectivity index (χ1) is 9.66. The van der Waals surface area contributed by atoms with Crippen LogP contribution in [-0.4, -0.2) is 41.1 Å². The average Bonchev–Trinajstić information content (AvgIpc) is 2.87. The maximum absolute atomic E-state index is 11.7. The van der Waals surface area contributed by atoms with Crippen molar-refractivity contribution in [1.29, 1.82) is 0 Å². The molecule has 20 heavy (non-hydrogen) atoms. The Balaban J connectivity index is 1.89. The lowest BCUT2D eigenvalue weighted by Crippen LogP contribution is -2.56. The van der Waals surface area contributed by atoms with Crippen molar-refractivity contribution in [2.45, 2.75) is 25.6 Å². The third kappa shape index (κ3) is 2.30. The molecule has 2 atom stereocenters. The number of primary amides is 1. The fourth-order valence-electron chi connectivity index (χ4n) is 2.98. The molecular weight excluding hydrogens is 254 g/mol. The topological polar surface area (TPSA) is 71.3 Å². The van der Waals surface area contributed by atoms with E-state index in [0.29, 0.717) is 13.2 Å². The first-order valence-corrected chi connectivity index (χ1v) is 6.87. The Kier molecular flexibility index (Phi) is 3.46. The Morgan fingerprint density at radius 2 is 2.35 bits per heavy atom. The largest absolute Gasteiger partial charge is 0.375 e. The molecule has 0 spiro atoms. The lowest BCUT2D eigenvalue weighted by molar-refractivity contribution is -0.136. The third-order valence-corrected chi connectivity index (χ3v) is 3.95. The number of morpholine rings is 1. The summed E-state index contributed by atoms with van der Waals surface area (Å²) in [7, 11) is 0. The highest BCUT2D eigenvalue weighted by Gasteiger charge is 2.33. The van der Waals surface area contributed by atoms with Crippen molar-refractivity contribution in [1.82, 2.24) is 9.88 Å². The van der Waals surface area contributed by atoms with E-state index in [-0.39, 0.29) is 18.1 Å². The highest BCUT2D eigenvalue weighted by molar-refractivity contribution is 5.83. The number of nitrogens with one attached hydrogen (secondary N) is 1. The number of H-pyrrole nitrogens is 1. The van der Waals surface area contributed by atoms with Crippen molar-refractivity contribution < 1.29 is 9.53 Å². The van der Waals surface area contributed by atoms with Gasteiger partial charge in [-0.15, -0.1) is 0 Å². The van der Waals surface area contributed by atoms with Gasteiger partial charge in [0.15, 0.2) is 0 Å². The van der Waals surface area contributed by atoms with Crippen LogP contribution in [-0.2, 0) is 16.1 Å². The van der Waals surface area contributed by atoms with Crippen molar-refractivity contribution >= 4 is 16.8 Å². The minimum absolute atomic E-state index is 0.160. The molecule has 2 aromatic rings. The van der Waals surface area contributed by atoms with E-state index in [1.165, 1.54) is 10.9 Å². The van der Waals surface area contributed by atoms with Gasteiger partial charge in [0, 0.05) is 30.2 Å². The van der Waals surface area contributed by atoms with E-state index in [0.717, 1.165) is 12.1 Å². The van der Waals surface area contributed by atoms with Gasteiger partial charge in [-0.2, -0.15) is 0 Å². The number of fused-ring (bicyclic) bond motifs is 1. The molecule has 0 bridgehead atoms. The van der Waals surface area contributed by atoms with Gasteiger partial charge in [0.05, 0.1) is 12.7 Å². The number of aromatic nitrogens is 1. The van der Waals surface area contributed by atoms with Gasteiger partial charge in [0.25, 0.3) is 0 Å². The molecule has 1 amide bonds. The molecule has 1 aliphatic heterocycles. The molecule has 0 aliphatic carbocycles.